The van der Waals surface area contributed by atoms with Crippen LogP contribution in [0.15, 0.2) is 35.5 Å². The van der Waals surface area contributed by atoms with Crippen LogP contribution in [0.25, 0.3) is 21.5 Å². The van der Waals surface area contributed by atoms with E-state index < -0.39 is 41.9 Å². The number of alkyl halides is 2. The lowest BCUT2D eigenvalue weighted by molar-refractivity contribution is -0.138. The summed E-state index contributed by atoms with van der Waals surface area (Å²) in [7, 11) is 1.92. The van der Waals surface area contributed by atoms with Crippen LogP contribution in [0.1, 0.15) is 48.9 Å². The molecule has 2 unspecified atom stereocenters. The number of rotatable bonds is 8. The summed E-state index contributed by atoms with van der Waals surface area (Å²) in [4.78, 5) is 32.8. The van der Waals surface area contributed by atoms with Gasteiger partial charge < -0.3 is 15.3 Å². The fourth-order valence-electron chi connectivity index (χ4n) is 6.01. The van der Waals surface area contributed by atoms with Gasteiger partial charge in [-0.1, -0.05) is 11.6 Å². The molecule has 0 bridgehead atoms. The van der Waals surface area contributed by atoms with Crippen LogP contribution in [0.4, 0.5) is 13.2 Å². The molecule has 1 aliphatic heterocycles. The Morgan fingerprint density at radius 3 is 2.72 bits per heavy atom. The first-order chi connectivity index (χ1) is 20.6. The van der Waals surface area contributed by atoms with Crippen molar-refractivity contribution in [3.8, 4) is 10.4 Å². The number of piperidine rings is 1. The number of benzene rings is 1. The van der Waals surface area contributed by atoms with Crippen molar-refractivity contribution < 1.29 is 23.1 Å². The number of amides is 1. The molecule has 10 nitrogen and oxygen atoms in total. The summed E-state index contributed by atoms with van der Waals surface area (Å²) in [5, 5.41) is 18.6. The average Bonchev–Trinajstić information content (AvgIpc) is 3.71. The second kappa shape index (κ2) is 11.6. The summed E-state index contributed by atoms with van der Waals surface area (Å²) in [5.41, 5.74) is 2.01. The van der Waals surface area contributed by atoms with Gasteiger partial charge in [-0.05, 0) is 67.5 Å². The second-order valence-corrected chi connectivity index (χ2v) is 12.3. The summed E-state index contributed by atoms with van der Waals surface area (Å²) in [6, 6.07) is 3.58. The molecule has 1 amide bonds. The minimum absolute atomic E-state index is 0.0701. The van der Waals surface area contributed by atoms with Gasteiger partial charge in [0, 0.05) is 42.0 Å². The molecular weight excluding hydrogens is 607 g/mol. The maximum Gasteiger partial charge on any atom is 0.281 e. The molecule has 2 aliphatic rings. The first-order valence-corrected chi connectivity index (χ1v) is 15.1. The van der Waals surface area contributed by atoms with Crippen LogP contribution in [0.3, 0.4) is 0 Å². The molecule has 0 radical (unpaired) electrons. The Morgan fingerprint density at radius 2 is 2.05 bits per heavy atom. The molecular formula is C28H29ClF3N7O3S. The zero-order chi connectivity index (χ0) is 30.5. The molecule has 15 heteroatoms. The minimum atomic E-state index is -2.92. The number of nitrogens with one attached hydrogen (secondary N) is 1. The molecule has 2 atom stereocenters. The van der Waals surface area contributed by atoms with Crippen LogP contribution < -0.4 is 10.9 Å². The molecule has 0 spiro atoms. The van der Waals surface area contributed by atoms with Crippen molar-refractivity contribution in [2.75, 3.05) is 20.1 Å². The van der Waals surface area contributed by atoms with Gasteiger partial charge in [-0.15, -0.1) is 5.10 Å². The Morgan fingerprint density at radius 1 is 1.28 bits per heavy atom. The van der Waals surface area contributed by atoms with Crippen molar-refractivity contribution in [1.29, 1.82) is 0 Å². The predicted molar refractivity (Wildman–Crippen MR) is 155 cm³/mol. The standard InChI is InChI=1S/C28H29ClF3N7O3S/c1-33-19-3-2-15-10-18(29)17(11-16(15)19)25-23-24(36-43-25)27(41)38(14-34-23)13-28(42)5-8-37(9-6-28)22(40)12-20(26(31)32)39-7-4-21(30)35-39/h4,7,10-11,14,19-20,26,33,42H,2-3,5-6,8-9,12-13H2,1H3. The van der Waals surface area contributed by atoms with E-state index in [1.165, 1.54) is 26.9 Å². The van der Waals surface area contributed by atoms with Crippen molar-refractivity contribution in [1.82, 2.24) is 33.9 Å². The average molecular weight is 636 g/mol. The molecule has 1 aromatic carbocycles. The van der Waals surface area contributed by atoms with Gasteiger partial charge in [0.05, 0.1) is 29.8 Å². The van der Waals surface area contributed by atoms with E-state index in [-0.39, 0.29) is 44.0 Å². The van der Waals surface area contributed by atoms with Crippen molar-refractivity contribution in [3.63, 3.8) is 0 Å². The van der Waals surface area contributed by atoms with Crippen molar-refractivity contribution in [2.45, 2.75) is 62.8 Å². The van der Waals surface area contributed by atoms with Gasteiger partial charge in [-0.3, -0.25) is 18.8 Å². The highest BCUT2D eigenvalue weighted by Crippen LogP contribution is 2.41. The van der Waals surface area contributed by atoms with Gasteiger partial charge in [-0.2, -0.15) is 8.76 Å². The number of carbonyl (C=O) groups is 1. The van der Waals surface area contributed by atoms with E-state index in [0.717, 1.165) is 46.9 Å². The van der Waals surface area contributed by atoms with Crippen LogP contribution in [0, 0.1) is 5.95 Å². The van der Waals surface area contributed by atoms with E-state index in [0.29, 0.717) is 15.4 Å². The topological polar surface area (TPSA) is 118 Å². The maximum atomic E-state index is 13.6. The Balaban J connectivity index is 1.16. The molecule has 1 aliphatic carbocycles. The van der Waals surface area contributed by atoms with Gasteiger partial charge in [0.15, 0.2) is 5.52 Å². The largest absolute Gasteiger partial charge is 0.388 e. The van der Waals surface area contributed by atoms with Gasteiger partial charge in [0.1, 0.15) is 11.6 Å². The van der Waals surface area contributed by atoms with E-state index >= 15 is 0 Å². The lowest BCUT2D eigenvalue weighted by Gasteiger charge is -2.38. The summed E-state index contributed by atoms with van der Waals surface area (Å²) < 4.78 is 46.9. The van der Waals surface area contributed by atoms with E-state index in [1.807, 2.05) is 19.2 Å². The fraction of sp³-hybridized carbons (Fsp3) is 0.464. The highest BCUT2D eigenvalue weighted by molar-refractivity contribution is 7.11. The zero-order valence-corrected chi connectivity index (χ0v) is 24.7. The van der Waals surface area contributed by atoms with Crippen LogP contribution in [-0.2, 0) is 17.8 Å². The van der Waals surface area contributed by atoms with Crippen LogP contribution in [-0.4, -0.2) is 71.8 Å². The highest BCUT2D eigenvalue weighted by Gasteiger charge is 2.37. The number of hydrogen-bond acceptors (Lipinski definition) is 8. The van der Waals surface area contributed by atoms with Crippen molar-refractivity contribution in [2.24, 2.45) is 0 Å². The molecule has 4 heterocycles. The third-order valence-electron chi connectivity index (χ3n) is 8.46. The number of nitrogens with zero attached hydrogens (tertiary/aromatic N) is 6. The SMILES string of the molecule is CNC1CCc2cc(Cl)c(-c3snc4c(=O)n(CC5(O)CCN(C(=O)CC(C(F)F)n6ccc(F)n6)CC5)cnc34)cc21. The molecule has 2 N–H and O–H groups in total. The number of fused-ring (bicyclic) bond motifs is 2. The number of hydrogen-bond donors (Lipinski definition) is 2. The quantitative estimate of drug-likeness (QED) is 0.301. The second-order valence-electron chi connectivity index (χ2n) is 11.1. The molecule has 1 saturated heterocycles. The molecule has 1 fully saturated rings. The third kappa shape index (κ3) is 5.68. The van der Waals surface area contributed by atoms with Gasteiger partial charge in [-0.25, -0.2) is 13.8 Å². The normalized spacial score (nSPS) is 18.9. The summed E-state index contributed by atoms with van der Waals surface area (Å²) in [6.07, 6.45) is 1.13. The lowest BCUT2D eigenvalue weighted by Crippen LogP contribution is -2.50. The first kappa shape index (κ1) is 29.7. The van der Waals surface area contributed by atoms with Crippen LogP contribution >= 0.6 is 23.1 Å². The Kier molecular flexibility index (Phi) is 8.05. The molecule has 228 valence electrons. The number of aromatic nitrogens is 5. The molecule has 43 heavy (non-hydrogen) atoms. The smallest absolute Gasteiger partial charge is 0.281 e. The Bertz CT molecular complexity index is 1730. The molecule has 0 saturated carbocycles. The van der Waals surface area contributed by atoms with Crippen LogP contribution in [0.5, 0.6) is 0 Å². The zero-order valence-electron chi connectivity index (χ0n) is 23.1. The Labute approximate surface area is 253 Å². The summed E-state index contributed by atoms with van der Waals surface area (Å²) in [6.45, 7) is 0.141. The highest BCUT2D eigenvalue weighted by atomic mass is 35.5. The fourth-order valence-corrected chi connectivity index (χ4v) is 7.19. The first-order valence-electron chi connectivity index (χ1n) is 13.9. The third-order valence-corrected chi connectivity index (χ3v) is 9.64. The Hall–Kier alpha value is -3.33. The number of halogens is 4. The number of carbonyl (C=O) groups excluding carboxylic acids is 1. The van der Waals surface area contributed by atoms with Crippen molar-refractivity contribution in [3.05, 3.63) is 63.2 Å². The van der Waals surface area contributed by atoms with E-state index in [1.54, 1.807) is 0 Å². The maximum absolute atomic E-state index is 13.6. The van der Waals surface area contributed by atoms with E-state index in [9.17, 15) is 27.9 Å². The van der Waals surface area contributed by atoms with Gasteiger partial charge in [0.25, 0.3) is 12.0 Å². The van der Waals surface area contributed by atoms with E-state index in [2.05, 4.69) is 19.8 Å². The van der Waals surface area contributed by atoms with Gasteiger partial charge >= 0.3 is 0 Å². The van der Waals surface area contributed by atoms with Crippen LogP contribution in [0.2, 0.25) is 5.02 Å². The van der Waals surface area contributed by atoms with E-state index in [4.69, 9.17) is 11.6 Å². The molecule has 3 aromatic heterocycles. The van der Waals surface area contributed by atoms with Crippen molar-refractivity contribution >= 4 is 40.1 Å². The lowest BCUT2D eigenvalue weighted by atomic mass is 9.91. The number of aliphatic hydroxyl groups is 1. The molecule has 4 aromatic rings. The van der Waals surface area contributed by atoms with Gasteiger partial charge in [0.2, 0.25) is 11.9 Å². The minimum Gasteiger partial charge on any atom is -0.388 e. The summed E-state index contributed by atoms with van der Waals surface area (Å²) in [5.74, 6) is -1.46. The predicted octanol–water partition coefficient (Wildman–Crippen LogP) is 3.97. The summed E-state index contributed by atoms with van der Waals surface area (Å²) >= 11 is 7.79. The number of aryl methyl sites for hydroxylation is 1. The monoisotopic (exact) mass is 635 g/mol. The number of likely N-dealkylation sites (tertiary alicyclic amines) is 1. The molecule has 6 rings (SSSR count).